The molecule has 0 unspecified atom stereocenters. The molecule has 0 aliphatic carbocycles. The molecule has 3 aromatic rings. The molecule has 0 saturated carbocycles. The summed E-state index contributed by atoms with van der Waals surface area (Å²) in [5.74, 6) is 0.323. The number of fused-ring (bicyclic) bond motifs is 1. The lowest BCUT2D eigenvalue weighted by Gasteiger charge is -2.29. The van der Waals surface area contributed by atoms with Gasteiger partial charge in [0.2, 0.25) is 0 Å². The number of nitrogens with zero attached hydrogens (tertiary/aromatic N) is 3. The van der Waals surface area contributed by atoms with Crippen molar-refractivity contribution in [3.05, 3.63) is 82.7 Å². The normalized spacial score (nSPS) is 15.0. The molecule has 1 aliphatic rings. The molecular weight excluding hydrogens is 420 g/mol. The molecule has 2 heterocycles. The third-order valence-corrected chi connectivity index (χ3v) is 5.20. The Bertz CT molecular complexity index is 1070. The van der Waals surface area contributed by atoms with E-state index in [0.717, 1.165) is 29.5 Å². The predicted molar refractivity (Wildman–Crippen MR) is 102 cm³/mol. The van der Waals surface area contributed by atoms with Gasteiger partial charge in [-0.2, -0.15) is 26.3 Å². The fraction of sp³-hybridized carbons (Fsp3) is 0.273. The van der Waals surface area contributed by atoms with Crippen LogP contribution in [0.5, 0.6) is 0 Å². The van der Waals surface area contributed by atoms with Crippen molar-refractivity contribution < 1.29 is 26.3 Å². The molecule has 1 aromatic heterocycles. The topological polar surface area (TPSA) is 29.0 Å². The van der Waals surface area contributed by atoms with E-state index in [4.69, 9.17) is 0 Å². The zero-order valence-electron chi connectivity index (χ0n) is 16.1. The maximum Gasteiger partial charge on any atom is 0.416 e. The van der Waals surface area contributed by atoms with Crippen LogP contribution in [0.1, 0.15) is 27.9 Å². The van der Waals surface area contributed by atoms with Crippen molar-refractivity contribution >= 4 is 0 Å². The van der Waals surface area contributed by atoms with E-state index in [-0.39, 0.29) is 12.1 Å². The summed E-state index contributed by atoms with van der Waals surface area (Å²) in [7, 11) is 0. The highest BCUT2D eigenvalue weighted by atomic mass is 19.4. The van der Waals surface area contributed by atoms with Crippen molar-refractivity contribution in [3.63, 3.8) is 0 Å². The fourth-order valence-corrected chi connectivity index (χ4v) is 3.63. The Hall–Kier alpha value is -2.94. The average Bonchev–Trinajstić information content (AvgIpc) is 2.72. The second-order valence-corrected chi connectivity index (χ2v) is 7.36. The maximum atomic E-state index is 13.2. The van der Waals surface area contributed by atoms with Crippen molar-refractivity contribution in [1.29, 1.82) is 0 Å². The molecule has 0 saturated heterocycles. The van der Waals surface area contributed by atoms with E-state index in [1.54, 1.807) is 12.3 Å². The van der Waals surface area contributed by atoms with E-state index in [1.165, 1.54) is 24.3 Å². The zero-order chi connectivity index (χ0) is 22.2. The summed E-state index contributed by atoms with van der Waals surface area (Å²) in [6, 6.07) is 10.1. The van der Waals surface area contributed by atoms with Gasteiger partial charge in [0.1, 0.15) is 0 Å². The number of halogens is 6. The summed E-state index contributed by atoms with van der Waals surface area (Å²) < 4.78 is 77.9. The molecule has 31 heavy (non-hydrogen) atoms. The fourth-order valence-electron chi connectivity index (χ4n) is 3.63. The second-order valence-electron chi connectivity index (χ2n) is 7.36. The first-order valence-corrected chi connectivity index (χ1v) is 9.51. The van der Waals surface area contributed by atoms with Crippen LogP contribution in [0.4, 0.5) is 26.3 Å². The molecule has 3 nitrogen and oxygen atoms in total. The van der Waals surface area contributed by atoms with E-state index in [1.807, 2.05) is 4.90 Å². The van der Waals surface area contributed by atoms with Crippen LogP contribution in [0.3, 0.4) is 0 Å². The van der Waals surface area contributed by atoms with E-state index in [2.05, 4.69) is 9.97 Å². The molecule has 0 atom stereocenters. The Morgan fingerprint density at radius 2 is 1.58 bits per heavy atom. The van der Waals surface area contributed by atoms with Crippen molar-refractivity contribution in [2.75, 3.05) is 6.54 Å². The van der Waals surface area contributed by atoms with Gasteiger partial charge in [-0.05, 0) is 23.8 Å². The molecule has 162 valence electrons. The standard InChI is InChI=1S/C22H17F6N3/c23-21(24,25)17-7-5-14(6-8-17)20-29-11-16-13-31(10-9-19(16)30-20)12-15-3-1-2-4-18(15)22(26,27)28/h1-8,11H,9-10,12-13H2. The first-order chi connectivity index (χ1) is 14.6. The first-order valence-electron chi connectivity index (χ1n) is 9.51. The third kappa shape index (κ3) is 4.71. The molecule has 0 fully saturated rings. The maximum absolute atomic E-state index is 13.2. The van der Waals surface area contributed by atoms with Gasteiger partial charge in [0.05, 0.1) is 16.8 Å². The van der Waals surface area contributed by atoms with E-state index in [0.29, 0.717) is 30.9 Å². The number of aromatic nitrogens is 2. The van der Waals surface area contributed by atoms with Gasteiger partial charge in [-0.1, -0.05) is 30.3 Å². The lowest BCUT2D eigenvalue weighted by molar-refractivity contribution is -0.139. The van der Waals surface area contributed by atoms with Crippen molar-refractivity contribution in [1.82, 2.24) is 14.9 Å². The highest BCUT2D eigenvalue weighted by molar-refractivity contribution is 5.56. The monoisotopic (exact) mass is 437 g/mol. The Morgan fingerprint density at radius 1 is 0.871 bits per heavy atom. The van der Waals surface area contributed by atoms with Crippen LogP contribution in [0.2, 0.25) is 0 Å². The van der Waals surface area contributed by atoms with E-state index in [9.17, 15) is 26.3 Å². The molecule has 0 amide bonds. The van der Waals surface area contributed by atoms with Crippen LogP contribution in [-0.2, 0) is 31.9 Å². The minimum absolute atomic E-state index is 0.149. The van der Waals surface area contributed by atoms with Gasteiger partial charge in [-0.15, -0.1) is 0 Å². The largest absolute Gasteiger partial charge is 0.416 e. The first kappa shape index (κ1) is 21.3. The van der Waals surface area contributed by atoms with Gasteiger partial charge in [0.25, 0.3) is 0 Å². The average molecular weight is 437 g/mol. The summed E-state index contributed by atoms with van der Waals surface area (Å²) in [6.07, 6.45) is -6.72. The van der Waals surface area contributed by atoms with Crippen LogP contribution in [-0.4, -0.2) is 21.4 Å². The van der Waals surface area contributed by atoms with Gasteiger partial charge in [0, 0.05) is 43.4 Å². The number of hydrogen-bond acceptors (Lipinski definition) is 3. The smallest absolute Gasteiger partial charge is 0.294 e. The van der Waals surface area contributed by atoms with Crippen molar-refractivity contribution in [2.45, 2.75) is 31.9 Å². The Morgan fingerprint density at radius 3 is 2.26 bits per heavy atom. The summed E-state index contributed by atoms with van der Waals surface area (Å²) in [5, 5.41) is 0. The van der Waals surface area contributed by atoms with E-state index < -0.39 is 23.5 Å². The Balaban J connectivity index is 1.51. The Labute approximate surface area is 174 Å². The zero-order valence-corrected chi connectivity index (χ0v) is 16.1. The minimum Gasteiger partial charge on any atom is -0.294 e. The third-order valence-electron chi connectivity index (χ3n) is 5.20. The molecule has 0 spiro atoms. The van der Waals surface area contributed by atoms with Crippen LogP contribution in [0.25, 0.3) is 11.4 Å². The van der Waals surface area contributed by atoms with E-state index >= 15 is 0 Å². The highest BCUT2D eigenvalue weighted by Gasteiger charge is 2.33. The summed E-state index contributed by atoms with van der Waals surface area (Å²) in [4.78, 5) is 10.6. The van der Waals surface area contributed by atoms with Gasteiger partial charge in [-0.25, -0.2) is 9.97 Å². The lowest BCUT2D eigenvalue weighted by Crippen LogP contribution is -2.31. The SMILES string of the molecule is FC(F)(F)c1ccc(-c2ncc3c(n2)CCN(Cc2ccccc2C(F)(F)F)C3)cc1. The summed E-state index contributed by atoms with van der Waals surface area (Å²) in [6.45, 7) is 1.06. The van der Waals surface area contributed by atoms with Gasteiger partial charge in [-0.3, -0.25) is 4.90 Å². The molecule has 2 aromatic carbocycles. The highest BCUT2D eigenvalue weighted by Crippen LogP contribution is 2.33. The Kier molecular flexibility index (Phi) is 5.47. The summed E-state index contributed by atoms with van der Waals surface area (Å²) >= 11 is 0. The number of hydrogen-bond donors (Lipinski definition) is 0. The number of benzene rings is 2. The predicted octanol–water partition coefficient (Wildman–Crippen LogP) is 5.74. The van der Waals surface area contributed by atoms with Crippen LogP contribution < -0.4 is 0 Å². The van der Waals surface area contributed by atoms with Crippen molar-refractivity contribution in [2.24, 2.45) is 0 Å². The van der Waals surface area contributed by atoms with Crippen LogP contribution >= 0.6 is 0 Å². The molecule has 0 bridgehead atoms. The lowest BCUT2D eigenvalue weighted by atomic mass is 10.0. The molecule has 9 heteroatoms. The molecule has 0 N–H and O–H groups in total. The molecule has 0 radical (unpaired) electrons. The van der Waals surface area contributed by atoms with Crippen LogP contribution in [0.15, 0.2) is 54.7 Å². The quantitative estimate of drug-likeness (QED) is 0.490. The van der Waals surface area contributed by atoms with Crippen LogP contribution in [0, 0.1) is 0 Å². The number of rotatable bonds is 3. The number of alkyl halides is 6. The molecule has 4 rings (SSSR count). The van der Waals surface area contributed by atoms with Gasteiger partial charge >= 0.3 is 12.4 Å². The second kappa shape index (κ2) is 7.96. The van der Waals surface area contributed by atoms with Gasteiger partial charge < -0.3 is 0 Å². The van der Waals surface area contributed by atoms with Crippen molar-refractivity contribution in [3.8, 4) is 11.4 Å². The molecule has 1 aliphatic heterocycles. The minimum atomic E-state index is -4.41. The molecular formula is C22H17F6N3. The van der Waals surface area contributed by atoms with Gasteiger partial charge in [0.15, 0.2) is 5.82 Å². The summed E-state index contributed by atoms with van der Waals surface area (Å²) in [5.41, 5.74) is 0.841.